The fourth-order valence-electron chi connectivity index (χ4n) is 4.08. The zero-order chi connectivity index (χ0) is 17.3. The lowest BCUT2D eigenvalue weighted by atomic mass is 9.96. The summed E-state index contributed by atoms with van der Waals surface area (Å²) in [6, 6.07) is 2.16. The smallest absolute Gasteiger partial charge is 0.229 e. The van der Waals surface area contributed by atoms with E-state index in [1.807, 2.05) is 0 Å². The molecular weight excluding hydrogens is 328 g/mol. The third kappa shape index (κ3) is 3.27. The monoisotopic (exact) mass is 354 g/mol. The lowest BCUT2D eigenvalue weighted by Gasteiger charge is -2.32. The Kier molecular flexibility index (Phi) is 4.22. The summed E-state index contributed by atoms with van der Waals surface area (Å²) in [4.78, 5) is 18.4. The van der Waals surface area contributed by atoms with E-state index in [-0.39, 0.29) is 0 Å². The van der Waals surface area contributed by atoms with Gasteiger partial charge in [0.15, 0.2) is 5.82 Å². The molecule has 0 unspecified atom stereocenters. The first-order chi connectivity index (χ1) is 12.9. The minimum Gasteiger partial charge on any atom is -0.356 e. The number of rotatable bonds is 4. The number of anilines is 2. The quantitative estimate of drug-likeness (QED) is 0.835. The second-order valence-corrected chi connectivity index (χ2v) is 7.81. The molecule has 2 aliphatic heterocycles. The highest BCUT2D eigenvalue weighted by atomic mass is 16.5. The maximum atomic E-state index is 5.44. The summed E-state index contributed by atoms with van der Waals surface area (Å²) in [5.41, 5.74) is 0. The van der Waals surface area contributed by atoms with Gasteiger partial charge in [-0.15, -0.1) is 0 Å². The van der Waals surface area contributed by atoms with Crippen LogP contribution in [-0.4, -0.2) is 46.3 Å². The van der Waals surface area contributed by atoms with Crippen LogP contribution in [0.4, 0.5) is 11.6 Å². The van der Waals surface area contributed by atoms with Gasteiger partial charge in [-0.25, -0.2) is 9.97 Å². The highest BCUT2D eigenvalue weighted by Gasteiger charge is 2.32. The van der Waals surface area contributed by atoms with E-state index in [1.54, 1.807) is 6.33 Å². The van der Waals surface area contributed by atoms with Crippen LogP contribution in [0.15, 0.2) is 16.9 Å². The van der Waals surface area contributed by atoms with E-state index in [0.717, 1.165) is 62.4 Å². The summed E-state index contributed by atoms with van der Waals surface area (Å²) in [6.07, 6.45) is 10.1. The van der Waals surface area contributed by atoms with Gasteiger partial charge in [-0.05, 0) is 44.9 Å². The fourth-order valence-corrected chi connectivity index (χ4v) is 4.08. The molecule has 0 amide bonds. The molecule has 4 heterocycles. The van der Waals surface area contributed by atoms with Gasteiger partial charge >= 0.3 is 0 Å². The van der Waals surface area contributed by atoms with Crippen molar-refractivity contribution < 1.29 is 4.52 Å². The molecule has 0 atom stereocenters. The van der Waals surface area contributed by atoms with E-state index in [9.17, 15) is 0 Å². The number of hydrogen-bond donors (Lipinski definition) is 0. The molecule has 2 aromatic rings. The molecule has 0 aromatic carbocycles. The average molecular weight is 354 g/mol. The minimum absolute atomic E-state index is 0.408. The third-order valence-corrected chi connectivity index (χ3v) is 5.89. The minimum atomic E-state index is 0.408. The Morgan fingerprint density at radius 1 is 0.808 bits per heavy atom. The Morgan fingerprint density at radius 2 is 1.50 bits per heavy atom. The van der Waals surface area contributed by atoms with Crippen LogP contribution in [0.2, 0.25) is 0 Å². The first-order valence-corrected chi connectivity index (χ1v) is 10.0. The van der Waals surface area contributed by atoms with Crippen molar-refractivity contribution >= 4 is 11.6 Å². The maximum absolute atomic E-state index is 5.44. The summed E-state index contributed by atoms with van der Waals surface area (Å²) < 4.78 is 5.44. The normalized spacial score (nSPS) is 22.0. The predicted molar refractivity (Wildman–Crippen MR) is 98.6 cm³/mol. The summed E-state index contributed by atoms with van der Waals surface area (Å²) in [6.45, 7) is 4.18. The predicted octanol–water partition coefficient (Wildman–Crippen LogP) is 3.11. The second kappa shape index (κ2) is 6.85. The Hall–Kier alpha value is -2.18. The van der Waals surface area contributed by atoms with Gasteiger partial charge in [0, 0.05) is 44.1 Å². The Balaban J connectivity index is 1.23. The number of hydrogen-bond acceptors (Lipinski definition) is 7. The molecule has 0 N–H and O–H groups in total. The summed E-state index contributed by atoms with van der Waals surface area (Å²) >= 11 is 0. The van der Waals surface area contributed by atoms with Crippen molar-refractivity contribution in [2.75, 3.05) is 36.0 Å². The van der Waals surface area contributed by atoms with Crippen molar-refractivity contribution in [3.63, 3.8) is 0 Å². The van der Waals surface area contributed by atoms with E-state index in [4.69, 9.17) is 4.52 Å². The van der Waals surface area contributed by atoms with Crippen LogP contribution in [-0.2, 0) is 0 Å². The third-order valence-electron chi connectivity index (χ3n) is 5.89. The van der Waals surface area contributed by atoms with Gasteiger partial charge in [0.05, 0.1) is 0 Å². The lowest BCUT2D eigenvalue weighted by Crippen LogP contribution is -2.34. The van der Waals surface area contributed by atoms with Crippen LogP contribution in [0.25, 0.3) is 0 Å². The molecule has 138 valence electrons. The molecule has 2 saturated heterocycles. The molecule has 1 saturated carbocycles. The van der Waals surface area contributed by atoms with Gasteiger partial charge in [-0.2, -0.15) is 4.98 Å². The second-order valence-electron chi connectivity index (χ2n) is 7.81. The van der Waals surface area contributed by atoms with Crippen LogP contribution < -0.4 is 9.80 Å². The lowest BCUT2D eigenvalue weighted by molar-refractivity contribution is 0.364. The van der Waals surface area contributed by atoms with Crippen LogP contribution >= 0.6 is 0 Å². The highest BCUT2D eigenvalue weighted by molar-refractivity contribution is 5.50. The Labute approximate surface area is 153 Å². The molecule has 3 aliphatic rings. The van der Waals surface area contributed by atoms with E-state index >= 15 is 0 Å². The molecule has 2 aromatic heterocycles. The van der Waals surface area contributed by atoms with Crippen LogP contribution in [0.3, 0.4) is 0 Å². The van der Waals surface area contributed by atoms with Crippen LogP contribution in [0.5, 0.6) is 0 Å². The number of aromatic nitrogens is 4. The first kappa shape index (κ1) is 16.0. The zero-order valence-electron chi connectivity index (χ0n) is 15.2. The largest absolute Gasteiger partial charge is 0.356 e. The molecule has 26 heavy (non-hydrogen) atoms. The van der Waals surface area contributed by atoms with E-state index in [2.05, 4.69) is 36.0 Å². The fraction of sp³-hybridized carbons (Fsp3) is 0.684. The average Bonchev–Trinajstić information content (AvgIpc) is 3.46. The van der Waals surface area contributed by atoms with Gasteiger partial charge < -0.3 is 14.3 Å². The molecule has 7 nitrogen and oxygen atoms in total. The van der Waals surface area contributed by atoms with E-state index in [0.29, 0.717) is 11.8 Å². The van der Waals surface area contributed by atoms with Gasteiger partial charge in [0.1, 0.15) is 18.0 Å². The Morgan fingerprint density at radius 3 is 2.19 bits per heavy atom. The van der Waals surface area contributed by atoms with Crippen molar-refractivity contribution in [2.45, 2.75) is 56.8 Å². The van der Waals surface area contributed by atoms with Crippen LogP contribution in [0.1, 0.15) is 68.5 Å². The molecule has 1 aliphatic carbocycles. The number of nitrogens with zero attached hydrogens (tertiary/aromatic N) is 6. The molecule has 5 rings (SSSR count). The zero-order valence-corrected chi connectivity index (χ0v) is 15.2. The standard InChI is InChI=1S/C19H26N6O/c1-2-8-24(9-3-1)16-12-17(21-13-20-16)25-10-6-14(7-11-25)18-22-19(26-23-18)15-4-5-15/h12-15H,1-11H2. The molecule has 0 radical (unpaired) electrons. The maximum Gasteiger partial charge on any atom is 0.229 e. The van der Waals surface area contributed by atoms with E-state index in [1.165, 1.54) is 32.1 Å². The molecular formula is C19H26N6O. The summed E-state index contributed by atoms with van der Waals surface area (Å²) in [5.74, 6) is 4.82. The SMILES string of the molecule is c1nc(N2CCCCC2)cc(N2CCC(c3noc(C4CC4)n3)CC2)n1. The van der Waals surface area contributed by atoms with Gasteiger partial charge in [0.2, 0.25) is 5.89 Å². The molecule has 0 spiro atoms. The van der Waals surface area contributed by atoms with Gasteiger partial charge in [0.25, 0.3) is 0 Å². The summed E-state index contributed by atoms with van der Waals surface area (Å²) in [5, 5.41) is 4.24. The van der Waals surface area contributed by atoms with Gasteiger partial charge in [-0.1, -0.05) is 5.16 Å². The molecule has 3 fully saturated rings. The van der Waals surface area contributed by atoms with Crippen molar-refractivity contribution in [1.29, 1.82) is 0 Å². The van der Waals surface area contributed by atoms with Crippen molar-refractivity contribution in [2.24, 2.45) is 0 Å². The first-order valence-electron chi connectivity index (χ1n) is 10.0. The molecule has 0 bridgehead atoms. The van der Waals surface area contributed by atoms with E-state index < -0.39 is 0 Å². The van der Waals surface area contributed by atoms with Crippen molar-refractivity contribution in [1.82, 2.24) is 20.1 Å². The van der Waals surface area contributed by atoms with Gasteiger partial charge in [-0.3, -0.25) is 0 Å². The van der Waals surface area contributed by atoms with Crippen molar-refractivity contribution in [3.8, 4) is 0 Å². The Bertz CT molecular complexity index is 744. The van der Waals surface area contributed by atoms with Crippen molar-refractivity contribution in [3.05, 3.63) is 24.1 Å². The highest BCUT2D eigenvalue weighted by Crippen LogP contribution is 2.40. The molecule has 7 heteroatoms. The number of piperidine rings is 2. The topological polar surface area (TPSA) is 71.2 Å². The summed E-state index contributed by atoms with van der Waals surface area (Å²) in [7, 11) is 0. The van der Waals surface area contributed by atoms with Crippen LogP contribution in [0, 0.1) is 0 Å².